The minimum atomic E-state index is -1.34. The Hall–Kier alpha value is 0.137. The van der Waals surface area contributed by atoms with Crippen LogP contribution in [0.3, 0.4) is 0 Å². The number of ether oxygens (including phenoxy) is 1. The SMILES string of the molecule is CC(C)(C)[Si](C)(C)[C@H]1O[C@@H]1CO. The van der Waals surface area contributed by atoms with Crippen molar-refractivity contribution in [1.82, 2.24) is 0 Å². The van der Waals surface area contributed by atoms with Crippen molar-refractivity contribution in [3.8, 4) is 0 Å². The summed E-state index contributed by atoms with van der Waals surface area (Å²) in [7, 11) is -1.34. The Balaban J connectivity index is 2.62. The molecule has 0 spiro atoms. The molecule has 0 unspecified atom stereocenters. The van der Waals surface area contributed by atoms with Crippen LogP contribution in [-0.4, -0.2) is 31.6 Å². The van der Waals surface area contributed by atoms with Crippen LogP contribution in [0.2, 0.25) is 18.1 Å². The first kappa shape index (κ1) is 10.2. The highest BCUT2D eigenvalue weighted by Crippen LogP contribution is 2.45. The molecule has 3 heteroatoms. The lowest BCUT2D eigenvalue weighted by molar-refractivity contribution is 0.243. The van der Waals surface area contributed by atoms with Gasteiger partial charge in [0.15, 0.2) is 0 Å². The normalized spacial score (nSPS) is 30.5. The first-order valence-corrected chi connectivity index (χ1v) is 7.65. The van der Waals surface area contributed by atoms with Crippen LogP contribution in [0.5, 0.6) is 0 Å². The average molecular weight is 188 g/mol. The standard InChI is InChI=1S/C9H20O2Si/c1-9(2,3)12(4,5)8-7(6-10)11-8/h7-8,10H,6H2,1-5H3/t7-,8-/m1/s1. The summed E-state index contributed by atoms with van der Waals surface area (Å²) in [5.74, 6) is 0. The third kappa shape index (κ3) is 1.58. The molecule has 72 valence electrons. The molecule has 0 aromatic rings. The van der Waals surface area contributed by atoms with Gasteiger partial charge in [-0.3, -0.25) is 0 Å². The zero-order valence-electron chi connectivity index (χ0n) is 8.72. The molecule has 12 heavy (non-hydrogen) atoms. The highest BCUT2D eigenvalue weighted by molar-refractivity contribution is 6.82. The third-order valence-electron chi connectivity index (χ3n) is 3.41. The van der Waals surface area contributed by atoms with Crippen LogP contribution in [0.25, 0.3) is 0 Å². The highest BCUT2D eigenvalue weighted by atomic mass is 28.3. The van der Waals surface area contributed by atoms with Crippen molar-refractivity contribution in [2.45, 2.75) is 50.7 Å². The van der Waals surface area contributed by atoms with Gasteiger partial charge in [-0.15, -0.1) is 0 Å². The molecule has 1 N–H and O–H groups in total. The Morgan fingerprint density at radius 3 is 2.08 bits per heavy atom. The van der Waals surface area contributed by atoms with E-state index in [4.69, 9.17) is 9.84 Å². The number of aliphatic hydroxyl groups excluding tert-OH is 1. The van der Waals surface area contributed by atoms with E-state index < -0.39 is 8.07 Å². The second kappa shape index (κ2) is 2.82. The zero-order chi connectivity index (χ0) is 9.57. The number of rotatable bonds is 2. The molecular weight excluding hydrogens is 168 g/mol. The van der Waals surface area contributed by atoms with E-state index in [0.717, 1.165) is 0 Å². The van der Waals surface area contributed by atoms with Crippen molar-refractivity contribution < 1.29 is 9.84 Å². The average Bonchev–Trinajstić information content (AvgIpc) is 2.62. The van der Waals surface area contributed by atoms with E-state index in [2.05, 4.69) is 33.9 Å². The number of hydrogen-bond donors (Lipinski definition) is 1. The lowest BCUT2D eigenvalue weighted by Crippen LogP contribution is -2.44. The molecule has 1 heterocycles. The van der Waals surface area contributed by atoms with Crippen LogP contribution < -0.4 is 0 Å². The minimum absolute atomic E-state index is 0.144. The summed E-state index contributed by atoms with van der Waals surface area (Å²) in [6.45, 7) is 11.7. The summed E-state index contributed by atoms with van der Waals surface area (Å²) in [4.78, 5) is 0. The Morgan fingerprint density at radius 2 is 1.83 bits per heavy atom. The summed E-state index contributed by atoms with van der Waals surface area (Å²) in [6, 6.07) is 0. The van der Waals surface area contributed by atoms with Crippen molar-refractivity contribution in [2.75, 3.05) is 6.61 Å². The molecule has 0 radical (unpaired) electrons. The predicted molar refractivity (Wildman–Crippen MR) is 52.9 cm³/mol. The smallest absolute Gasteiger partial charge is 0.104 e. The number of hydrogen-bond acceptors (Lipinski definition) is 2. The Bertz CT molecular complexity index is 172. The molecule has 0 saturated carbocycles. The molecule has 1 saturated heterocycles. The maximum atomic E-state index is 8.90. The van der Waals surface area contributed by atoms with Gasteiger partial charge in [-0.05, 0) is 5.04 Å². The van der Waals surface area contributed by atoms with E-state index in [-0.39, 0.29) is 12.7 Å². The van der Waals surface area contributed by atoms with E-state index in [1.54, 1.807) is 0 Å². The van der Waals surface area contributed by atoms with Gasteiger partial charge in [0.2, 0.25) is 0 Å². The fourth-order valence-corrected chi connectivity index (χ4v) is 3.75. The van der Waals surface area contributed by atoms with E-state index in [9.17, 15) is 0 Å². The minimum Gasteiger partial charge on any atom is -0.394 e. The van der Waals surface area contributed by atoms with Gasteiger partial charge in [0.1, 0.15) is 6.10 Å². The van der Waals surface area contributed by atoms with Crippen molar-refractivity contribution in [1.29, 1.82) is 0 Å². The zero-order valence-corrected chi connectivity index (χ0v) is 9.72. The maximum Gasteiger partial charge on any atom is 0.104 e. The molecule has 1 fully saturated rings. The second-order valence-corrected chi connectivity index (χ2v) is 10.8. The summed E-state index contributed by atoms with van der Waals surface area (Å²) < 4.78 is 5.47. The largest absolute Gasteiger partial charge is 0.394 e. The second-order valence-electron chi connectivity index (χ2n) is 5.25. The summed E-state index contributed by atoms with van der Waals surface area (Å²) in [5.41, 5.74) is 0.377. The molecular formula is C9H20O2Si. The van der Waals surface area contributed by atoms with Crippen LogP contribution in [-0.2, 0) is 4.74 Å². The molecule has 1 rings (SSSR count). The molecule has 1 aliphatic heterocycles. The summed E-state index contributed by atoms with van der Waals surface area (Å²) in [6.07, 6.45) is 0.144. The molecule has 0 aliphatic carbocycles. The van der Waals surface area contributed by atoms with Crippen LogP contribution in [0.1, 0.15) is 20.8 Å². The molecule has 2 nitrogen and oxygen atoms in total. The molecule has 0 bridgehead atoms. The quantitative estimate of drug-likeness (QED) is 0.529. The van der Waals surface area contributed by atoms with Crippen molar-refractivity contribution in [3.05, 3.63) is 0 Å². The van der Waals surface area contributed by atoms with Crippen molar-refractivity contribution >= 4 is 8.07 Å². The molecule has 0 aromatic heterocycles. The highest BCUT2D eigenvalue weighted by Gasteiger charge is 2.55. The fraction of sp³-hybridized carbons (Fsp3) is 1.00. The van der Waals surface area contributed by atoms with Gasteiger partial charge < -0.3 is 9.84 Å². The Morgan fingerprint density at radius 1 is 1.33 bits per heavy atom. The lowest BCUT2D eigenvalue weighted by atomic mass is 10.2. The van der Waals surface area contributed by atoms with E-state index in [1.165, 1.54) is 0 Å². The third-order valence-corrected chi connectivity index (χ3v) is 9.20. The monoisotopic (exact) mass is 188 g/mol. The van der Waals surface area contributed by atoms with Crippen LogP contribution in [0, 0.1) is 0 Å². The van der Waals surface area contributed by atoms with Gasteiger partial charge in [0.05, 0.1) is 20.4 Å². The van der Waals surface area contributed by atoms with Gasteiger partial charge in [-0.25, -0.2) is 0 Å². The van der Waals surface area contributed by atoms with Gasteiger partial charge in [0.25, 0.3) is 0 Å². The molecule has 0 amide bonds. The van der Waals surface area contributed by atoms with Crippen LogP contribution >= 0.6 is 0 Å². The van der Waals surface area contributed by atoms with Gasteiger partial charge in [-0.1, -0.05) is 33.9 Å². The van der Waals surface area contributed by atoms with E-state index in [1.807, 2.05) is 0 Å². The lowest BCUT2D eigenvalue weighted by Gasteiger charge is -2.35. The van der Waals surface area contributed by atoms with Crippen molar-refractivity contribution in [3.63, 3.8) is 0 Å². The van der Waals surface area contributed by atoms with Crippen molar-refractivity contribution in [2.24, 2.45) is 0 Å². The number of aliphatic hydroxyl groups is 1. The van der Waals surface area contributed by atoms with Gasteiger partial charge in [0, 0.05) is 0 Å². The molecule has 0 aromatic carbocycles. The summed E-state index contributed by atoms with van der Waals surface area (Å²) in [5, 5.41) is 9.27. The first-order valence-electron chi connectivity index (χ1n) is 4.57. The summed E-state index contributed by atoms with van der Waals surface area (Å²) >= 11 is 0. The fourth-order valence-electron chi connectivity index (χ4n) is 1.34. The van der Waals surface area contributed by atoms with Crippen LogP contribution in [0.4, 0.5) is 0 Å². The molecule has 1 aliphatic rings. The Labute approximate surface area is 75.9 Å². The van der Waals surface area contributed by atoms with E-state index >= 15 is 0 Å². The first-order chi connectivity index (χ1) is 5.30. The number of epoxide rings is 1. The molecule has 2 atom stereocenters. The van der Waals surface area contributed by atoms with Gasteiger partial charge >= 0.3 is 0 Å². The van der Waals surface area contributed by atoms with Gasteiger partial charge in [-0.2, -0.15) is 0 Å². The Kier molecular flexibility index (Phi) is 2.40. The van der Waals surface area contributed by atoms with E-state index in [0.29, 0.717) is 10.8 Å². The topological polar surface area (TPSA) is 32.8 Å². The van der Waals surface area contributed by atoms with Crippen LogP contribution in [0.15, 0.2) is 0 Å². The maximum absolute atomic E-state index is 8.90. The predicted octanol–water partition coefficient (Wildman–Crippen LogP) is 1.79.